The van der Waals surface area contributed by atoms with Gasteiger partial charge in [-0.15, -0.1) is 0 Å². The predicted octanol–water partition coefficient (Wildman–Crippen LogP) is 3.12. The Morgan fingerprint density at radius 2 is 1.77 bits per heavy atom. The predicted molar refractivity (Wildman–Crippen MR) is 103 cm³/mol. The average molecular weight is 352 g/mol. The van der Waals surface area contributed by atoms with Crippen LogP contribution in [0, 0.1) is 0 Å². The molecule has 0 atom stereocenters. The van der Waals surface area contributed by atoms with E-state index in [9.17, 15) is 9.59 Å². The van der Waals surface area contributed by atoms with Gasteiger partial charge in [0.1, 0.15) is 5.75 Å². The maximum Gasteiger partial charge on any atom is 0.253 e. The lowest BCUT2D eigenvalue weighted by Crippen LogP contribution is -2.22. The lowest BCUT2D eigenvalue weighted by molar-refractivity contribution is -0.116. The summed E-state index contributed by atoms with van der Waals surface area (Å²) in [6, 6.07) is 14.8. The van der Waals surface area contributed by atoms with Crippen LogP contribution >= 0.6 is 0 Å². The van der Waals surface area contributed by atoms with Crippen molar-refractivity contribution in [1.29, 1.82) is 0 Å². The lowest BCUT2D eigenvalue weighted by Gasteiger charge is -2.10. The summed E-state index contributed by atoms with van der Waals surface area (Å²) in [4.78, 5) is 25.4. The number of benzene rings is 2. The zero-order valence-electron chi connectivity index (χ0n) is 15.4. The summed E-state index contributed by atoms with van der Waals surface area (Å²) in [5, 5.41) is 2.83. The van der Waals surface area contributed by atoms with Crippen molar-refractivity contribution < 1.29 is 14.3 Å². The number of amides is 2. The molecule has 2 aromatic rings. The van der Waals surface area contributed by atoms with E-state index >= 15 is 0 Å². The number of hydrogen-bond donors (Lipinski definition) is 1. The Labute approximate surface area is 154 Å². The van der Waals surface area contributed by atoms with Crippen molar-refractivity contribution in [2.45, 2.75) is 13.5 Å². The van der Waals surface area contributed by atoms with Crippen molar-refractivity contribution in [3.63, 3.8) is 0 Å². The van der Waals surface area contributed by atoms with Crippen LogP contribution in [0.2, 0.25) is 0 Å². The molecule has 0 radical (unpaired) electrons. The minimum Gasteiger partial charge on any atom is -0.493 e. The fourth-order valence-electron chi connectivity index (χ4n) is 2.34. The van der Waals surface area contributed by atoms with E-state index in [1.165, 1.54) is 11.0 Å². The van der Waals surface area contributed by atoms with Gasteiger partial charge in [-0.3, -0.25) is 9.59 Å². The van der Waals surface area contributed by atoms with Gasteiger partial charge in [0.15, 0.2) is 0 Å². The Morgan fingerprint density at radius 1 is 1.08 bits per heavy atom. The van der Waals surface area contributed by atoms with E-state index in [4.69, 9.17) is 4.74 Å². The molecule has 0 aliphatic rings. The largest absolute Gasteiger partial charge is 0.493 e. The molecule has 0 bridgehead atoms. The molecule has 2 rings (SSSR count). The van der Waals surface area contributed by atoms with Crippen molar-refractivity contribution in [3.05, 3.63) is 71.3 Å². The van der Waals surface area contributed by atoms with E-state index in [2.05, 4.69) is 5.32 Å². The van der Waals surface area contributed by atoms with Crippen molar-refractivity contribution in [3.8, 4) is 5.75 Å². The number of nitrogens with one attached hydrogen (secondary N) is 1. The number of carbonyl (C=O) groups is 2. The first-order valence-electron chi connectivity index (χ1n) is 8.49. The van der Waals surface area contributed by atoms with Crippen LogP contribution in [0.1, 0.15) is 28.4 Å². The van der Waals surface area contributed by atoms with Gasteiger partial charge in [-0.25, -0.2) is 0 Å². The van der Waals surface area contributed by atoms with Gasteiger partial charge in [0, 0.05) is 37.8 Å². The molecule has 0 spiro atoms. The number of carbonyl (C=O) groups excluding carboxylic acids is 2. The Kier molecular flexibility index (Phi) is 6.97. The van der Waals surface area contributed by atoms with Gasteiger partial charge in [0.25, 0.3) is 5.91 Å². The summed E-state index contributed by atoms with van der Waals surface area (Å²) < 4.78 is 5.53. The minimum atomic E-state index is -0.190. The molecule has 0 aliphatic carbocycles. The number of para-hydroxylation sites is 1. The second-order valence-electron chi connectivity index (χ2n) is 5.92. The maximum atomic E-state index is 12.0. The molecule has 0 aromatic heterocycles. The van der Waals surface area contributed by atoms with Crippen molar-refractivity contribution in [2.24, 2.45) is 0 Å². The van der Waals surface area contributed by atoms with Crippen molar-refractivity contribution in [1.82, 2.24) is 10.2 Å². The van der Waals surface area contributed by atoms with E-state index in [1.807, 2.05) is 43.3 Å². The summed E-state index contributed by atoms with van der Waals surface area (Å²) in [5.41, 5.74) is 2.41. The summed E-state index contributed by atoms with van der Waals surface area (Å²) >= 11 is 0. The molecule has 0 saturated heterocycles. The van der Waals surface area contributed by atoms with Crippen LogP contribution in [-0.2, 0) is 11.3 Å². The quantitative estimate of drug-likeness (QED) is 0.779. The molecule has 2 aromatic carbocycles. The van der Waals surface area contributed by atoms with Gasteiger partial charge < -0.3 is 15.0 Å². The van der Waals surface area contributed by atoms with Gasteiger partial charge in [0.05, 0.1) is 6.61 Å². The third kappa shape index (κ3) is 5.48. The standard InChI is InChI=1S/C21H24N2O3/c1-4-26-19-8-6-5-7-17(19)13-14-20(24)22-15-16-9-11-18(12-10-16)21(25)23(2)3/h5-14H,4,15H2,1-3H3,(H,22,24)/b14-13+. The molecule has 0 saturated carbocycles. The number of hydrogen-bond acceptors (Lipinski definition) is 3. The van der Waals surface area contributed by atoms with Crippen LogP contribution in [0.15, 0.2) is 54.6 Å². The smallest absolute Gasteiger partial charge is 0.253 e. The molecule has 5 heteroatoms. The monoisotopic (exact) mass is 352 g/mol. The molecular formula is C21H24N2O3. The normalized spacial score (nSPS) is 10.6. The molecular weight excluding hydrogens is 328 g/mol. The molecule has 26 heavy (non-hydrogen) atoms. The fourth-order valence-corrected chi connectivity index (χ4v) is 2.34. The minimum absolute atomic E-state index is 0.0449. The summed E-state index contributed by atoms with van der Waals surface area (Å²) in [6.45, 7) is 2.89. The summed E-state index contributed by atoms with van der Waals surface area (Å²) in [6.07, 6.45) is 3.22. The average Bonchev–Trinajstić information content (AvgIpc) is 2.65. The molecule has 0 heterocycles. The molecule has 0 fully saturated rings. The first-order valence-corrected chi connectivity index (χ1v) is 8.49. The van der Waals surface area contributed by atoms with E-state index in [-0.39, 0.29) is 11.8 Å². The zero-order chi connectivity index (χ0) is 18.9. The number of ether oxygens (including phenoxy) is 1. The van der Waals surface area contributed by atoms with Gasteiger partial charge in [0.2, 0.25) is 5.91 Å². The maximum absolute atomic E-state index is 12.0. The van der Waals surface area contributed by atoms with Crippen LogP contribution in [0.4, 0.5) is 0 Å². The molecule has 0 unspecified atom stereocenters. The molecule has 136 valence electrons. The Bertz CT molecular complexity index is 780. The van der Waals surface area contributed by atoms with Crippen LogP contribution in [0.5, 0.6) is 5.75 Å². The topological polar surface area (TPSA) is 58.6 Å². The highest BCUT2D eigenvalue weighted by atomic mass is 16.5. The third-order valence-corrected chi connectivity index (χ3v) is 3.71. The first-order chi connectivity index (χ1) is 12.5. The Balaban J connectivity index is 1.92. The Hall–Kier alpha value is -3.08. The number of nitrogens with zero attached hydrogens (tertiary/aromatic N) is 1. The Morgan fingerprint density at radius 3 is 2.42 bits per heavy atom. The highest BCUT2D eigenvalue weighted by molar-refractivity contribution is 5.94. The highest BCUT2D eigenvalue weighted by Crippen LogP contribution is 2.19. The van der Waals surface area contributed by atoms with Gasteiger partial charge >= 0.3 is 0 Å². The summed E-state index contributed by atoms with van der Waals surface area (Å²) in [5.74, 6) is 0.515. The van der Waals surface area contributed by atoms with E-state index in [1.54, 1.807) is 32.3 Å². The van der Waals surface area contributed by atoms with Gasteiger partial charge in [-0.2, -0.15) is 0 Å². The highest BCUT2D eigenvalue weighted by Gasteiger charge is 2.07. The van der Waals surface area contributed by atoms with Gasteiger partial charge in [-0.05, 0) is 36.8 Å². The fraction of sp³-hybridized carbons (Fsp3) is 0.238. The van der Waals surface area contributed by atoms with Crippen molar-refractivity contribution in [2.75, 3.05) is 20.7 Å². The number of rotatable bonds is 7. The second-order valence-corrected chi connectivity index (χ2v) is 5.92. The second kappa shape index (κ2) is 9.42. The van der Waals surface area contributed by atoms with E-state index < -0.39 is 0 Å². The molecule has 0 aliphatic heterocycles. The SMILES string of the molecule is CCOc1ccccc1/C=C/C(=O)NCc1ccc(C(=O)N(C)C)cc1. The van der Waals surface area contributed by atoms with E-state index in [0.717, 1.165) is 16.9 Å². The van der Waals surface area contributed by atoms with Crippen molar-refractivity contribution >= 4 is 17.9 Å². The van der Waals surface area contributed by atoms with Gasteiger partial charge in [-0.1, -0.05) is 30.3 Å². The van der Waals surface area contributed by atoms with Crippen LogP contribution in [-0.4, -0.2) is 37.4 Å². The molecule has 2 amide bonds. The van der Waals surface area contributed by atoms with Crippen LogP contribution in [0.3, 0.4) is 0 Å². The summed E-state index contributed by atoms with van der Waals surface area (Å²) in [7, 11) is 3.43. The molecule has 5 nitrogen and oxygen atoms in total. The first kappa shape index (κ1) is 19.2. The lowest BCUT2D eigenvalue weighted by atomic mass is 10.1. The van der Waals surface area contributed by atoms with Crippen LogP contribution in [0.25, 0.3) is 6.08 Å². The third-order valence-electron chi connectivity index (χ3n) is 3.71. The van der Waals surface area contributed by atoms with Crippen LogP contribution < -0.4 is 10.1 Å². The van der Waals surface area contributed by atoms with E-state index in [0.29, 0.717) is 18.7 Å². The molecule has 1 N–H and O–H groups in total. The zero-order valence-corrected chi connectivity index (χ0v) is 15.4.